The quantitative estimate of drug-likeness (QED) is 0.349. The standard InChI is InChI=1S/C19H31FN2O5Si/c1-18(2,3)27-17(23)21(11-12-26-28(7,8)19(4,5)6)16-10-9-14(22(24)25)13-15(16)20/h9-10,13H,11-12H2,1-8H3. The van der Waals surface area contributed by atoms with Crippen molar-refractivity contribution in [1.82, 2.24) is 0 Å². The van der Waals surface area contributed by atoms with E-state index in [1.165, 1.54) is 6.07 Å². The number of ether oxygens (including phenoxy) is 1. The van der Waals surface area contributed by atoms with Crippen LogP contribution >= 0.6 is 0 Å². The van der Waals surface area contributed by atoms with Crippen molar-refractivity contribution in [3.05, 3.63) is 34.1 Å². The van der Waals surface area contributed by atoms with Gasteiger partial charge in [0.05, 0.1) is 29.8 Å². The Kier molecular flexibility index (Phi) is 7.35. The van der Waals surface area contributed by atoms with Crippen LogP contribution < -0.4 is 4.90 Å². The van der Waals surface area contributed by atoms with Crippen molar-refractivity contribution in [1.29, 1.82) is 0 Å². The largest absolute Gasteiger partial charge is 0.443 e. The van der Waals surface area contributed by atoms with Crippen LogP contribution in [-0.2, 0) is 9.16 Å². The second-order valence-corrected chi connectivity index (χ2v) is 13.9. The van der Waals surface area contributed by atoms with Crippen LogP contribution in [0.4, 0.5) is 20.6 Å². The zero-order chi connectivity index (χ0) is 21.9. The first-order chi connectivity index (χ1) is 12.5. The second-order valence-electron chi connectivity index (χ2n) is 9.13. The lowest BCUT2D eigenvalue weighted by Crippen LogP contribution is -2.44. The van der Waals surface area contributed by atoms with Gasteiger partial charge in [-0.1, -0.05) is 20.8 Å². The molecule has 0 aliphatic heterocycles. The lowest BCUT2D eigenvalue weighted by molar-refractivity contribution is -0.385. The van der Waals surface area contributed by atoms with E-state index in [0.29, 0.717) is 0 Å². The van der Waals surface area contributed by atoms with E-state index in [9.17, 15) is 19.3 Å². The van der Waals surface area contributed by atoms with E-state index >= 15 is 0 Å². The summed E-state index contributed by atoms with van der Waals surface area (Å²) in [6.07, 6.45) is -0.737. The normalized spacial score (nSPS) is 12.6. The maximum atomic E-state index is 14.5. The van der Waals surface area contributed by atoms with Crippen LogP contribution in [0.1, 0.15) is 41.5 Å². The number of nitro benzene ring substituents is 1. The van der Waals surface area contributed by atoms with Gasteiger partial charge >= 0.3 is 6.09 Å². The molecule has 7 nitrogen and oxygen atoms in total. The predicted octanol–water partition coefficient (Wildman–Crippen LogP) is 5.50. The van der Waals surface area contributed by atoms with Gasteiger partial charge in [0, 0.05) is 6.07 Å². The van der Waals surface area contributed by atoms with Gasteiger partial charge in [-0.05, 0) is 45.0 Å². The zero-order valence-corrected chi connectivity index (χ0v) is 19.0. The van der Waals surface area contributed by atoms with Crippen LogP contribution in [0, 0.1) is 15.9 Å². The smallest absolute Gasteiger partial charge is 0.414 e. The molecule has 1 aromatic carbocycles. The molecule has 0 fully saturated rings. The molecule has 0 aliphatic rings. The number of carbonyl (C=O) groups is 1. The molecular formula is C19H31FN2O5Si. The zero-order valence-electron chi connectivity index (χ0n) is 18.0. The van der Waals surface area contributed by atoms with Crippen LogP contribution in [0.5, 0.6) is 0 Å². The third-order valence-electron chi connectivity index (χ3n) is 4.63. The first-order valence-electron chi connectivity index (χ1n) is 9.13. The molecular weight excluding hydrogens is 383 g/mol. The van der Waals surface area contributed by atoms with Gasteiger partial charge in [-0.3, -0.25) is 15.0 Å². The Hall–Kier alpha value is -2.00. The van der Waals surface area contributed by atoms with Crippen molar-refractivity contribution in [2.75, 3.05) is 18.1 Å². The van der Waals surface area contributed by atoms with Crippen LogP contribution in [0.2, 0.25) is 18.1 Å². The van der Waals surface area contributed by atoms with E-state index in [1.54, 1.807) is 20.8 Å². The van der Waals surface area contributed by atoms with E-state index in [-0.39, 0.29) is 29.6 Å². The summed E-state index contributed by atoms with van der Waals surface area (Å²) in [5.41, 5.74) is -1.24. The maximum Gasteiger partial charge on any atom is 0.414 e. The second kappa shape index (κ2) is 8.56. The highest BCUT2D eigenvalue weighted by Crippen LogP contribution is 2.36. The Balaban J connectivity index is 3.10. The topological polar surface area (TPSA) is 81.9 Å². The van der Waals surface area contributed by atoms with Crippen molar-refractivity contribution in [3.8, 4) is 0 Å². The minimum absolute atomic E-state index is 0.0116. The SMILES string of the molecule is CC(C)(C)OC(=O)N(CCO[Si](C)(C)C(C)(C)C)c1ccc([N+](=O)[O-])cc1F. The Morgan fingerprint density at radius 2 is 1.79 bits per heavy atom. The molecule has 158 valence electrons. The highest BCUT2D eigenvalue weighted by atomic mass is 28.4. The first-order valence-corrected chi connectivity index (χ1v) is 12.0. The van der Waals surface area contributed by atoms with Gasteiger partial charge in [-0.15, -0.1) is 0 Å². The Morgan fingerprint density at radius 3 is 2.21 bits per heavy atom. The summed E-state index contributed by atoms with van der Waals surface area (Å²) in [6, 6.07) is 3.16. The molecule has 1 rings (SSSR count). The molecule has 0 radical (unpaired) electrons. The fourth-order valence-electron chi connectivity index (χ4n) is 2.06. The first kappa shape index (κ1) is 24.0. The van der Waals surface area contributed by atoms with Crippen LogP contribution in [0.3, 0.4) is 0 Å². The summed E-state index contributed by atoms with van der Waals surface area (Å²) in [5.74, 6) is -0.868. The van der Waals surface area contributed by atoms with Gasteiger partial charge in [0.1, 0.15) is 5.60 Å². The number of nitro groups is 1. The number of carbonyl (C=O) groups excluding carboxylic acids is 1. The minimum atomic E-state index is -2.05. The molecule has 0 N–H and O–H groups in total. The fourth-order valence-corrected chi connectivity index (χ4v) is 3.10. The molecule has 9 heteroatoms. The molecule has 0 spiro atoms. The number of nitrogens with zero attached hydrogens (tertiary/aromatic N) is 2. The number of hydrogen-bond donors (Lipinski definition) is 0. The number of non-ortho nitro benzene ring substituents is 1. The van der Waals surface area contributed by atoms with Crippen molar-refractivity contribution < 1.29 is 23.3 Å². The fraction of sp³-hybridized carbons (Fsp3) is 0.632. The molecule has 0 saturated heterocycles. The van der Waals surface area contributed by atoms with Gasteiger partial charge < -0.3 is 9.16 Å². The van der Waals surface area contributed by atoms with Gasteiger partial charge in [-0.2, -0.15) is 0 Å². The van der Waals surface area contributed by atoms with Gasteiger partial charge in [0.15, 0.2) is 14.1 Å². The summed E-state index contributed by atoms with van der Waals surface area (Å²) in [5, 5.41) is 10.8. The Labute approximate surface area is 167 Å². The van der Waals surface area contributed by atoms with Crippen LogP contribution in [0.25, 0.3) is 0 Å². The number of hydrogen-bond acceptors (Lipinski definition) is 5. The Bertz CT molecular complexity index is 726. The molecule has 0 aromatic heterocycles. The maximum absolute atomic E-state index is 14.5. The van der Waals surface area contributed by atoms with Crippen LogP contribution in [-0.4, -0.2) is 38.1 Å². The van der Waals surface area contributed by atoms with Crippen molar-refractivity contribution >= 4 is 25.8 Å². The summed E-state index contributed by atoms with van der Waals surface area (Å²) in [6.45, 7) is 15.9. The Morgan fingerprint density at radius 1 is 1.21 bits per heavy atom. The van der Waals surface area contributed by atoms with Gasteiger partial charge in [-0.25, -0.2) is 9.18 Å². The van der Waals surface area contributed by atoms with Crippen LogP contribution in [0.15, 0.2) is 18.2 Å². The molecule has 0 unspecified atom stereocenters. The minimum Gasteiger partial charge on any atom is -0.443 e. The molecule has 0 atom stereocenters. The number of amides is 1. The van der Waals surface area contributed by atoms with Crippen molar-refractivity contribution in [3.63, 3.8) is 0 Å². The van der Waals surface area contributed by atoms with Crippen molar-refractivity contribution in [2.45, 2.75) is 65.3 Å². The van der Waals surface area contributed by atoms with E-state index < -0.39 is 30.8 Å². The number of anilines is 1. The highest BCUT2D eigenvalue weighted by Gasteiger charge is 2.37. The number of halogens is 1. The summed E-state index contributed by atoms with van der Waals surface area (Å²) in [7, 11) is -2.05. The lowest BCUT2D eigenvalue weighted by atomic mass is 10.2. The third-order valence-corrected chi connectivity index (χ3v) is 9.17. The molecule has 1 aromatic rings. The van der Waals surface area contributed by atoms with E-state index in [2.05, 4.69) is 33.9 Å². The van der Waals surface area contributed by atoms with E-state index in [1.807, 2.05) is 0 Å². The number of rotatable bonds is 6. The number of benzene rings is 1. The van der Waals surface area contributed by atoms with Gasteiger partial charge in [0.25, 0.3) is 5.69 Å². The average molecular weight is 415 g/mol. The lowest BCUT2D eigenvalue weighted by Gasteiger charge is -2.37. The molecule has 1 amide bonds. The predicted molar refractivity (Wildman–Crippen MR) is 110 cm³/mol. The highest BCUT2D eigenvalue weighted by molar-refractivity contribution is 6.74. The molecule has 28 heavy (non-hydrogen) atoms. The molecule has 0 heterocycles. The van der Waals surface area contributed by atoms with E-state index in [0.717, 1.165) is 17.0 Å². The third kappa shape index (κ3) is 6.56. The van der Waals surface area contributed by atoms with Gasteiger partial charge in [0.2, 0.25) is 0 Å². The summed E-state index contributed by atoms with van der Waals surface area (Å²) >= 11 is 0. The summed E-state index contributed by atoms with van der Waals surface area (Å²) in [4.78, 5) is 23.9. The molecule has 0 saturated carbocycles. The average Bonchev–Trinajstić information content (AvgIpc) is 2.49. The van der Waals surface area contributed by atoms with Crippen molar-refractivity contribution in [2.24, 2.45) is 0 Å². The van der Waals surface area contributed by atoms with E-state index in [4.69, 9.17) is 9.16 Å². The molecule has 0 aliphatic carbocycles. The summed E-state index contributed by atoms with van der Waals surface area (Å²) < 4.78 is 26.0. The monoisotopic (exact) mass is 414 g/mol. The molecule has 0 bridgehead atoms.